The van der Waals surface area contributed by atoms with E-state index in [2.05, 4.69) is 5.32 Å². The minimum Gasteiger partial charge on any atom is -0.483 e. The number of rotatable bonds is 6. The molecule has 0 aromatic heterocycles. The van der Waals surface area contributed by atoms with Gasteiger partial charge in [0.1, 0.15) is 5.75 Å². The van der Waals surface area contributed by atoms with Crippen molar-refractivity contribution in [2.24, 2.45) is 0 Å². The summed E-state index contributed by atoms with van der Waals surface area (Å²) >= 11 is 5.86. The molecule has 21 heavy (non-hydrogen) atoms. The quantitative estimate of drug-likeness (QED) is 0.835. The van der Waals surface area contributed by atoms with Gasteiger partial charge in [-0.25, -0.2) is 0 Å². The van der Waals surface area contributed by atoms with Crippen LogP contribution in [0.3, 0.4) is 0 Å². The SMILES string of the molecule is O=Cc1ccccc1OCC(=O)NCc1cccc(Cl)c1. The molecule has 0 unspecified atom stereocenters. The first-order valence-corrected chi connectivity index (χ1v) is 6.75. The molecular weight excluding hydrogens is 290 g/mol. The van der Waals surface area contributed by atoms with Crippen LogP contribution < -0.4 is 10.1 Å². The van der Waals surface area contributed by atoms with Crippen molar-refractivity contribution in [3.8, 4) is 5.75 Å². The molecule has 0 atom stereocenters. The molecule has 0 saturated heterocycles. The Morgan fingerprint density at radius 2 is 2.00 bits per heavy atom. The first kappa shape index (κ1) is 15.1. The molecule has 0 fully saturated rings. The second kappa shape index (κ2) is 7.45. The van der Waals surface area contributed by atoms with E-state index < -0.39 is 0 Å². The van der Waals surface area contributed by atoms with Gasteiger partial charge >= 0.3 is 0 Å². The lowest BCUT2D eigenvalue weighted by Gasteiger charge is -2.09. The number of carbonyl (C=O) groups excluding carboxylic acids is 2. The Bertz CT molecular complexity index is 643. The van der Waals surface area contributed by atoms with Crippen molar-refractivity contribution in [2.45, 2.75) is 6.54 Å². The maximum atomic E-state index is 11.7. The predicted molar refractivity (Wildman–Crippen MR) is 80.6 cm³/mol. The van der Waals surface area contributed by atoms with Gasteiger partial charge in [0.15, 0.2) is 12.9 Å². The smallest absolute Gasteiger partial charge is 0.258 e. The van der Waals surface area contributed by atoms with E-state index in [4.69, 9.17) is 16.3 Å². The molecule has 2 rings (SSSR count). The molecule has 1 N–H and O–H groups in total. The highest BCUT2D eigenvalue weighted by Gasteiger charge is 2.06. The molecule has 4 nitrogen and oxygen atoms in total. The Labute approximate surface area is 127 Å². The van der Waals surface area contributed by atoms with Crippen LogP contribution in [-0.4, -0.2) is 18.8 Å². The van der Waals surface area contributed by atoms with E-state index in [1.54, 1.807) is 36.4 Å². The first-order chi connectivity index (χ1) is 10.2. The number of halogens is 1. The third kappa shape index (κ3) is 4.61. The van der Waals surface area contributed by atoms with Crippen molar-refractivity contribution in [3.05, 3.63) is 64.7 Å². The van der Waals surface area contributed by atoms with Crippen LogP contribution in [0.25, 0.3) is 0 Å². The van der Waals surface area contributed by atoms with Gasteiger partial charge in [0.2, 0.25) is 0 Å². The largest absolute Gasteiger partial charge is 0.483 e. The van der Waals surface area contributed by atoms with E-state index in [1.165, 1.54) is 0 Å². The van der Waals surface area contributed by atoms with Gasteiger partial charge in [-0.05, 0) is 29.8 Å². The van der Waals surface area contributed by atoms with Crippen molar-refractivity contribution in [2.75, 3.05) is 6.61 Å². The maximum absolute atomic E-state index is 11.7. The van der Waals surface area contributed by atoms with Crippen LogP contribution >= 0.6 is 11.6 Å². The molecule has 1 amide bonds. The van der Waals surface area contributed by atoms with Gasteiger partial charge < -0.3 is 10.1 Å². The monoisotopic (exact) mass is 303 g/mol. The lowest BCUT2D eigenvalue weighted by atomic mass is 10.2. The van der Waals surface area contributed by atoms with E-state index in [0.717, 1.165) is 5.56 Å². The molecule has 0 aliphatic rings. The van der Waals surface area contributed by atoms with Gasteiger partial charge in [-0.1, -0.05) is 35.9 Å². The summed E-state index contributed by atoms with van der Waals surface area (Å²) in [6.45, 7) is 0.226. The van der Waals surface area contributed by atoms with E-state index in [0.29, 0.717) is 29.2 Å². The highest BCUT2D eigenvalue weighted by Crippen LogP contribution is 2.15. The number of carbonyl (C=O) groups is 2. The summed E-state index contributed by atoms with van der Waals surface area (Å²) in [6, 6.07) is 14.0. The average Bonchev–Trinajstić information content (AvgIpc) is 2.51. The average molecular weight is 304 g/mol. The molecule has 0 radical (unpaired) electrons. The maximum Gasteiger partial charge on any atom is 0.258 e. The highest BCUT2D eigenvalue weighted by atomic mass is 35.5. The second-order valence-electron chi connectivity index (χ2n) is 4.35. The molecule has 0 bridgehead atoms. The highest BCUT2D eigenvalue weighted by molar-refractivity contribution is 6.30. The number of hydrogen-bond acceptors (Lipinski definition) is 3. The molecule has 0 aliphatic carbocycles. The number of nitrogens with one attached hydrogen (secondary N) is 1. The number of benzene rings is 2. The Kier molecular flexibility index (Phi) is 5.35. The lowest BCUT2D eigenvalue weighted by Crippen LogP contribution is -2.28. The van der Waals surface area contributed by atoms with Gasteiger partial charge in [-0.3, -0.25) is 9.59 Å². The standard InChI is InChI=1S/C16H14ClNO3/c17-14-6-3-4-12(8-14)9-18-16(20)11-21-15-7-2-1-5-13(15)10-19/h1-8,10H,9,11H2,(H,18,20). The molecule has 5 heteroatoms. The van der Waals surface area contributed by atoms with Crippen LogP contribution in [0.1, 0.15) is 15.9 Å². The minimum atomic E-state index is -0.268. The van der Waals surface area contributed by atoms with Crippen LogP contribution in [-0.2, 0) is 11.3 Å². The van der Waals surface area contributed by atoms with Crippen LogP contribution in [0, 0.1) is 0 Å². The topological polar surface area (TPSA) is 55.4 Å². The minimum absolute atomic E-state index is 0.147. The van der Waals surface area contributed by atoms with Crippen LogP contribution in [0.4, 0.5) is 0 Å². The first-order valence-electron chi connectivity index (χ1n) is 6.37. The summed E-state index contributed by atoms with van der Waals surface area (Å²) in [7, 11) is 0. The summed E-state index contributed by atoms with van der Waals surface area (Å²) in [6.07, 6.45) is 0.694. The Balaban J connectivity index is 1.84. The number of amides is 1. The third-order valence-electron chi connectivity index (χ3n) is 2.78. The molecule has 0 aliphatic heterocycles. The zero-order valence-electron chi connectivity index (χ0n) is 11.2. The summed E-state index contributed by atoms with van der Waals surface area (Å²) < 4.78 is 5.33. The number of ether oxygens (including phenoxy) is 1. The van der Waals surface area contributed by atoms with Crippen molar-refractivity contribution < 1.29 is 14.3 Å². The van der Waals surface area contributed by atoms with Crippen molar-refractivity contribution >= 4 is 23.8 Å². The lowest BCUT2D eigenvalue weighted by molar-refractivity contribution is -0.123. The third-order valence-corrected chi connectivity index (χ3v) is 3.02. The Morgan fingerprint density at radius 3 is 2.76 bits per heavy atom. The van der Waals surface area contributed by atoms with Crippen LogP contribution in [0.15, 0.2) is 48.5 Å². The van der Waals surface area contributed by atoms with E-state index in [1.807, 2.05) is 12.1 Å². The zero-order valence-corrected chi connectivity index (χ0v) is 12.0. The number of aldehydes is 1. The summed E-state index contributed by atoms with van der Waals surface area (Å²) in [4.78, 5) is 22.5. The van der Waals surface area contributed by atoms with Gasteiger partial charge in [0.25, 0.3) is 5.91 Å². The zero-order chi connectivity index (χ0) is 15.1. The van der Waals surface area contributed by atoms with E-state index in [9.17, 15) is 9.59 Å². The van der Waals surface area contributed by atoms with Crippen molar-refractivity contribution in [1.82, 2.24) is 5.32 Å². The van der Waals surface area contributed by atoms with Gasteiger partial charge in [-0.15, -0.1) is 0 Å². The molecule has 2 aromatic carbocycles. The fraction of sp³-hybridized carbons (Fsp3) is 0.125. The fourth-order valence-electron chi connectivity index (χ4n) is 1.75. The second-order valence-corrected chi connectivity index (χ2v) is 4.79. The molecule has 2 aromatic rings. The molecule has 0 heterocycles. The number of hydrogen-bond donors (Lipinski definition) is 1. The van der Waals surface area contributed by atoms with Crippen LogP contribution in [0.5, 0.6) is 5.75 Å². The Hall–Kier alpha value is -2.33. The summed E-state index contributed by atoms with van der Waals surface area (Å²) in [5, 5.41) is 3.35. The summed E-state index contributed by atoms with van der Waals surface area (Å²) in [5.74, 6) is 0.126. The molecule has 108 valence electrons. The predicted octanol–water partition coefficient (Wildman–Crippen LogP) is 2.85. The van der Waals surface area contributed by atoms with Gasteiger partial charge in [0.05, 0.1) is 5.56 Å². The normalized spacial score (nSPS) is 9.95. The van der Waals surface area contributed by atoms with Crippen LogP contribution in [0.2, 0.25) is 5.02 Å². The van der Waals surface area contributed by atoms with E-state index >= 15 is 0 Å². The molecule has 0 saturated carbocycles. The fourth-order valence-corrected chi connectivity index (χ4v) is 1.96. The van der Waals surface area contributed by atoms with E-state index in [-0.39, 0.29) is 12.5 Å². The summed E-state index contributed by atoms with van der Waals surface area (Å²) in [5.41, 5.74) is 1.32. The van der Waals surface area contributed by atoms with Crippen molar-refractivity contribution in [3.63, 3.8) is 0 Å². The van der Waals surface area contributed by atoms with Crippen molar-refractivity contribution in [1.29, 1.82) is 0 Å². The Morgan fingerprint density at radius 1 is 1.19 bits per heavy atom. The molecular formula is C16H14ClNO3. The van der Waals surface area contributed by atoms with Gasteiger partial charge in [0, 0.05) is 11.6 Å². The molecule has 0 spiro atoms. The number of para-hydroxylation sites is 1. The van der Waals surface area contributed by atoms with Gasteiger partial charge in [-0.2, -0.15) is 0 Å².